The maximum absolute atomic E-state index is 12.6. The zero-order valence-electron chi connectivity index (χ0n) is 15.1. The van der Waals surface area contributed by atoms with Crippen molar-refractivity contribution in [1.82, 2.24) is 5.32 Å². The van der Waals surface area contributed by atoms with Gasteiger partial charge in [-0.3, -0.25) is 4.79 Å². The summed E-state index contributed by atoms with van der Waals surface area (Å²) in [6.45, 7) is 5.77. The van der Waals surface area contributed by atoms with Crippen molar-refractivity contribution in [2.75, 3.05) is 0 Å². The third kappa shape index (κ3) is 4.92. The van der Waals surface area contributed by atoms with E-state index in [1.165, 1.54) is 0 Å². The largest absolute Gasteiger partial charge is 0.399 e. The molecule has 0 aliphatic heterocycles. The second kappa shape index (κ2) is 8.47. The molecule has 0 spiro atoms. The van der Waals surface area contributed by atoms with Crippen molar-refractivity contribution >= 4 is 12.2 Å². The van der Waals surface area contributed by atoms with Gasteiger partial charge in [-0.2, -0.15) is 0 Å². The molecule has 0 fully saturated rings. The normalized spacial score (nSPS) is 18.8. The summed E-state index contributed by atoms with van der Waals surface area (Å²) < 4.78 is 0. The number of hydrogen-bond donors (Lipinski definition) is 2. The fraction of sp³-hybridized carbons (Fsp3) is 0.333. The molecule has 2 rings (SSSR count). The van der Waals surface area contributed by atoms with Crippen LogP contribution >= 0.6 is 0 Å². The average molecular weight is 338 g/mol. The van der Waals surface area contributed by atoms with Gasteiger partial charge in [-0.15, -0.1) is 0 Å². The van der Waals surface area contributed by atoms with Crippen LogP contribution in [0.15, 0.2) is 70.5 Å². The van der Waals surface area contributed by atoms with E-state index >= 15 is 0 Å². The Morgan fingerprint density at radius 3 is 2.48 bits per heavy atom. The standard InChI is InChI=1S/C21H26N2O2/c1-14(2)20(13-24)23-21(25)19-12-10-17(8-7-15(19)3)16-5-4-6-18(22)11-9-16/h5-6,8-14,20H,4,7,22H2,1-3H3,(H,23,25). The van der Waals surface area contributed by atoms with Gasteiger partial charge < -0.3 is 15.8 Å². The molecule has 1 atom stereocenters. The summed E-state index contributed by atoms with van der Waals surface area (Å²) in [5, 5.41) is 2.81. The fourth-order valence-corrected chi connectivity index (χ4v) is 2.69. The molecule has 0 heterocycles. The fourth-order valence-electron chi connectivity index (χ4n) is 2.69. The molecular formula is C21H26N2O2. The van der Waals surface area contributed by atoms with Crippen LogP contribution in [0.4, 0.5) is 0 Å². The van der Waals surface area contributed by atoms with Crippen LogP contribution in [0.1, 0.15) is 33.6 Å². The number of rotatable bonds is 5. The molecule has 0 aromatic rings. The Labute approximate surface area is 149 Å². The highest BCUT2D eigenvalue weighted by Gasteiger charge is 2.19. The second-order valence-corrected chi connectivity index (χ2v) is 6.70. The van der Waals surface area contributed by atoms with Crippen LogP contribution in [-0.2, 0) is 9.59 Å². The second-order valence-electron chi connectivity index (χ2n) is 6.70. The lowest BCUT2D eigenvalue weighted by atomic mass is 10.0. The highest BCUT2D eigenvalue weighted by atomic mass is 16.2. The average Bonchev–Trinajstić information content (AvgIpc) is 2.90. The Morgan fingerprint density at radius 1 is 1.12 bits per heavy atom. The molecular weight excluding hydrogens is 312 g/mol. The quantitative estimate of drug-likeness (QED) is 0.756. The molecule has 0 bridgehead atoms. The van der Waals surface area contributed by atoms with Crippen molar-refractivity contribution in [2.24, 2.45) is 11.7 Å². The topological polar surface area (TPSA) is 72.2 Å². The summed E-state index contributed by atoms with van der Waals surface area (Å²) in [7, 11) is 0. The molecule has 132 valence electrons. The minimum absolute atomic E-state index is 0.0602. The zero-order valence-corrected chi connectivity index (χ0v) is 15.1. The van der Waals surface area contributed by atoms with Crippen molar-refractivity contribution in [2.45, 2.75) is 39.7 Å². The van der Waals surface area contributed by atoms with Gasteiger partial charge in [-0.1, -0.05) is 49.8 Å². The summed E-state index contributed by atoms with van der Waals surface area (Å²) in [6, 6.07) is -0.474. The molecule has 0 aromatic heterocycles. The first kappa shape index (κ1) is 18.7. The third-order valence-corrected chi connectivity index (χ3v) is 4.40. The number of carbonyl (C=O) groups excluding carboxylic acids is 2. The van der Waals surface area contributed by atoms with Gasteiger partial charge in [-0.05, 0) is 49.0 Å². The molecule has 0 radical (unpaired) electrons. The number of allylic oxidation sites excluding steroid dienone is 9. The summed E-state index contributed by atoms with van der Waals surface area (Å²) >= 11 is 0. The summed E-state index contributed by atoms with van der Waals surface area (Å²) in [4.78, 5) is 23.7. The van der Waals surface area contributed by atoms with Crippen molar-refractivity contribution in [1.29, 1.82) is 0 Å². The lowest BCUT2D eigenvalue weighted by Crippen LogP contribution is -2.40. The van der Waals surface area contributed by atoms with Gasteiger partial charge in [-0.25, -0.2) is 0 Å². The molecule has 2 aliphatic rings. The first-order valence-corrected chi connectivity index (χ1v) is 8.60. The highest BCUT2D eigenvalue weighted by Crippen LogP contribution is 2.24. The summed E-state index contributed by atoms with van der Waals surface area (Å²) in [5.41, 5.74) is 10.4. The maximum Gasteiger partial charge on any atom is 0.251 e. The first-order chi connectivity index (χ1) is 11.9. The predicted molar refractivity (Wildman–Crippen MR) is 101 cm³/mol. The van der Waals surface area contributed by atoms with E-state index in [0.717, 1.165) is 35.1 Å². The van der Waals surface area contributed by atoms with E-state index in [1.54, 1.807) is 0 Å². The number of carbonyl (C=O) groups is 2. The van der Waals surface area contributed by atoms with E-state index in [4.69, 9.17) is 5.73 Å². The molecule has 0 aromatic carbocycles. The van der Waals surface area contributed by atoms with E-state index in [0.29, 0.717) is 12.0 Å². The van der Waals surface area contributed by atoms with Crippen molar-refractivity contribution in [3.63, 3.8) is 0 Å². The SMILES string of the molecule is CC1=C(C(=O)NC(C=O)C(C)C)C=CC(C2=CCC=C(N)C=C2)=CC1. The van der Waals surface area contributed by atoms with Crippen LogP contribution in [-0.4, -0.2) is 18.2 Å². The number of hydrogen-bond acceptors (Lipinski definition) is 3. The Bertz CT molecular complexity index is 731. The Kier molecular flexibility index (Phi) is 6.34. The number of nitrogens with one attached hydrogen (secondary N) is 1. The third-order valence-electron chi connectivity index (χ3n) is 4.40. The molecule has 3 N–H and O–H groups in total. The van der Waals surface area contributed by atoms with Gasteiger partial charge in [0.25, 0.3) is 5.91 Å². The first-order valence-electron chi connectivity index (χ1n) is 8.60. The van der Waals surface area contributed by atoms with Crippen LogP contribution in [0.5, 0.6) is 0 Å². The van der Waals surface area contributed by atoms with Gasteiger partial charge in [0.15, 0.2) is 0 Å². The van der Waals surface area contributed by atoms with E-state index in [1.807, 2.05) is 51.2 Å². The van der Waals surface area contributed by atoms with Crippen LogP contribution in [0.25, 0.3) is 0 Å². The van der Waals surface area contributed by atoms with Gasteiger partial charge in [0.2, 0.25) is 0 Å². The number of aldehydes is 1. The number of amides is 1. The van der Waals surface area contributed by atoms with E-state index in [2.05, 4.69) is 17.5 Å². The lowest BCUT2D eigenvalue weighted by Gasteiger charge is -2.17. The zero-order chi connectivity index (χ0) is 18.4. The van der Waals surface area contributed by atoms with Gasteiger partial charge in [0.1, 0.15) is 6.29 Å². The summed E-state index contributed by atoms with van der Waals surface area (Å²) in [5.74, 6) is -0.143. The Morgan fingerprint density at radius 2 is 1.80 bits per heavy atom. The molecule has 1 unspecified atom stereocenters. The van der Waals surface area contributed by atoms with Crippen molar-refractivity contribution in [3.05, 3.63) is 70.5 Å². The highest BCUT2D eigenvalue weighted by molar-refractivity contribution is 5.98. The van der Waals surface area contributed by atoms with E-state index in [-0.39, 0.29) is 11.8 Å². The van der Waals surface area contributed by atoms with Crippen LogP contribution < -0.4 is 11.1 Å². The van der Waals surface area contributed by atoms with Gasteiger partial charge in [0, 0.05) is 11.3 Å². The maximum atomic E-state index is 12.6. The smallest absolute Gasteiger partial charge is 0.251 e. The molecule has 25 heavy (non-hydrogen) atoms. The van der Waals surface area contributed by atoms with Gasteiger partial charge in [0.05, 0.1) is 6.04 Å². The van der Waals surface area contributed by atoms with E-state index in [9.17, 15) is 9.59 Å². The lowest BCUT2D eigenvalue weighted by molar-refractivity contribution is -0.121. The number of nitrogens with two attached hydrogens (primary N) is 1. The Balaban J connectivity index is 2.17. The summed E-state index contributed by atoms with van der Waals surface area (Å²) in [6.07, 6.45) is 16.1. The van der Waals surface area contributed by atoms with Crippen LogP contribution in [0, 0.1) is 5.92 Å². The minimum Gasteiger partial charge on any atom is -0.399 e. The van der Waals surface area contributed by atoms with Crippen LogP contribution in [0.3, 0.4) is 0 Å². The minimum atomic E-state index is -0.474. The van der Waals surface area contributed by atoms with Crippen LogP contribution in [0.2, 0.25) is 0 Å². The van der Waals surface area contributed by atoms with Crippen molar-refractivity contribution in [3.8, 4) is 0 Å². The Hall–Kier alpha value is -2.62. The molecule has 1 amide bonds. The molecule has 0 saturated carbocycles. The van der Waals surface area contributed by atoms with Crippen molar-refractivity contribution < 1.29 is 9.59 Å². The monoisotopic (exact) mass is 338 g/mol. The van der Waals surface area contributed by atoms with E-state index < -0.39 is 6.04 Å². The molecule has 4 heteroatoms. The molecule has 0 saturated heterocycles. The predicted octanol–water partition coefficient (Wildman–Crippen LogP) is 3.26. The molecule has 4 nitrogen and oxygen atoms in total. The molecule has 2 aliphatic carbocycles. The van der Waals surface area contributed by atoms with Gasteiger partial charge >= 0.3 is 0 Å².